The topological polar surface area (TPSA) is 114 Å². The van der Waals surface area contributed by atoms with Crippen molar-refractivity contribution in [3.63, 3.8) is 0 Å². The van der Waals surface area contributed by atoms with E-state index in [1.807, 2.05) is 51.1 Å². The third-order valence-corrected chi connectivity index (χ3v) is 8.05. The van der Waals surface area contributed by atoms with Crippen molar-refractivity contribution >= 4 is 29.0 Å². The molecule has 0 heterocycles. The minimum absolute atomic E-state index is 0.349. The van der Waals surface area contributed by atoms with Gasteiger partial charge in [0.1, 0.15) is 11.7 Å². The maximum absolute atomic E-state index is 14.1. The molecule has 228 valence electrons. The number of amides is 2. The molecule has 43 heavy (non-hydrogen) atoms. The van der Waals surface area contributed by atoms with Gasteiger partial charge in [0.25, 0.3) is 0 Å². The number of Topliss-reactive ketones (excluding diaryl/α,β-unsaturated/α-hetero) is 1. The molecule has 0 radical (unpaired) electrons. The maximum atomic E-state index is 14.1. The number of carbonyl (C=O) groups excluding carboxylic acids is 3. The van der Waals surface area contributed by atoms with Gasteiger partial charge < -0.3 is 25.2 Å². The van der Waals surface area contributed by atoms with Crippen LogP contribution in [0, 0.1) is 25.7 Å². The Balaban J connectivity index is 1.82. The van der Waals surface area contributed by atoms with Crippen molar-refractivity contribution in [2.45, 2.75) is 65.4 Å². The lowest BCUT2D eigenvalue weighted by molar-refractivity contribution is -0.150. The quantitative estimate of drug-likeness (QED) is 0.182. The first-order chi connectivity index (χ1) is 20.6. The molecule has 0 spiro atoms. The molecular weight excluding hydrogens is 544 g/mol. The van der Waals surface area contributed by atoms with E-state index in [-0.39, 0.29) is 6.42 Å². The lowest BCUT2D eigenvalue weighted by atomic mass is 9.61. The van der Waals surface area contributed by atoms with Crippen LogP contribution < -0.4 is 20.1 Å². The smallest absolute Gasteiger partial charge is 0.235 e. The second-order valence-corrected chi connectivity index (χ2v) is 11.4. The minimum Gasteiger partial charge on any atom is -0.490 e. The summed E-state index contributed by atoms with van der Waals surface area (Å²) in [4.78, 5) is 41.8. The highest BCUT2D eigenvalue weighted by Crippen LogP contribution is 2.48. The molecule has 8 heteroatoms. The van der Waals surface area contributed by atoms with Crippen LogP contribution in [0.25, 0.3) is 0 Å². The van der Waals surface area contributed by atoms with Crippen LogP contribution in [-0.4, -0.2) is 41.5 Å². The number of unbranched alkanes of at least 4 members (excludes halogenated alkanes) is 1. The third kappa shape index (κ3) is 7.25. The lowest BCUT2D eigenvalue weighted by Gasteiger charge is -2.44. The van der Waals surface area contributed by atoms with E-state index in [0.29, 0.717) is 41.7 Å². The summed E-state index contributed by atoms with van der Waals surface area (Å²) in [5, 5.41) is 17.6. The highest BCUT2D eigenvalue weighted by atomic mass is 16.5. The predicted octanol–water partition coefficient (Wildman–Crippen LogP) is 6.20. The third-order valence-electron chi connectivity index (χ3n) is 8.05. The fourth-order valence-corrected chi connectivity index (χ4v) is 5.79. The summed E-state index contributed by atoms with van der Waals surface area (Å²) in [5.41, 5.74) is 1.65. The average molecular weight is 587 g/mol. The van der Waals surface area contributed by atoms with Crippen LogP contribution in [0.15, 0.2) is 66.7 Å². The maximum Gasteiger partial charge on any atom is 0.235 e. The summed E-state index contributed by atoms with van der Waals surface area (Å²) in [5.74, 6) is -3.84. The van der Waals surface area contributed by atoms with E-state index in [4.69, 9.17) is 9.47 Å². The first-order valence-electron chi connectivity index (χ1n) is 14.9. The summed E-state index contributed by atoms with van der Waals surface area (Å²) in [7, 11) is 0. The number of carbonyl (C=O) groups is 3. The number of anilines is 2. The number of hydrogen-bond donors (Lipinski definition) is 3. The van der Waals surface area contributed by atoms with Crippen LogP contribution >= 0.6 is 0 Å². The monoisotopic (exact) mass is 586 g/mol. The second-order valence-electron chi connectivity index (χ2n) is 11.4. The normalized spacial score (nSPS) is 21.6. The molecule has 1 aliphatic rings. The van der Waals surface area contributed by atoms with E-state index >= 15 is 0 Å². The van der Waals surface area contributed by atoms with Crippen molar-refractivity contribution in [1.82, 2.24) is 0 Å². The fourth-order valence-electron chi connectivity index (χ4n) is 5.79. The average Bonchev–Trinajstić information content (AvgIpc) is 2.95. The molecule has 4 atom stereocenters. The number of aliphatic hydroxyl groups is 1. The molecule has 0 saturated heterocycles. The van der Waals surface area contributed by atoms with Crippen molar-refractivity contribution in [2.24, 2.45) is 11.8 Å². The second kappa shape index (κ2) is 13.9. The van der Waals surface area contributed by atoms with Crippen molar-refractivity contribution in [3.8, 4) is 11.5 Å². The molecule has 0 aliphatic heterocycles. The summed E-state index contributed by atoms with van der Waals surface area (Å²) >= 11 is 0. The van der Waals surface area contributed by atoms with Crippen LogP contribution in [0.3, 0.4) is 0 Å². The summed E-state index contributed by atoms with van der Waals surface area (Å²) in [6.45, 7) is 10.0. The van der Waals surface area contributed by atoms with Crippen molar-refractivity contribution < 1.29 is 29.0 Å². The van der Waals surface area contributed by atoms with Gasteiger partial charge in [-0.2, -0.15) is 0 Å². The Kier molecular flexibility index (Phi) is 10.2. The van der Waals surface area contributed by atoms with E-state index in [1.54, 1.807) is 36.4 Å². The number of benzene rings is 3. The standard InChI is InChI=1S/C35H42N2O6/c1-6-8-19-43-28-18-17-24(20-29(28)42-7-2)30-31(33(39)36-25-15-11-9-13-22(25)3)27(38)21-35(5,41)32(30)34(40)37-26-16-12-10-14-23(26)4/h9-18,20,30-32,41H,6-8,19,21H2,1-5H3,(H,36,39)(H,37,40). The molecule has 1 aliphatic carbocycles. The fraction of sp³-hybridized carbons (Fsp3) is 0.400. The Morgan fingerprint density at radius 2 is 1.49 bits per heavy atom. The Labute approximate surface area is 253 Å². The Hall–Kier alpha value is -4.17. The Morgan fingerprint density at radius 1 is 0.884 bits per heavy atom. The lowest BCUT2D eigenvalue weighted by Crippen LogP contribution is -2.56. The van der Waals surface area contributed by atoms with Crippen molar-refractivity contribution in [3.05, 3.63) is 83.4 Å². The Morgan fingerprint density at radius 3 is 2.07 bits per heavy atom. The molecule has 3 aromatic carbocycles. The number of nitrogens with one attached hydrogen (secondary N) is 2. The predicted molar refractivity (Wildman–Crippen MR) is 168 cm³/mol. The summed E-state index contributed by atoms with van der Waals surface area (Å²) in [6, 6.07) is 19.9. The van der Waals surface area contributed by atoms with E-state index in [2.05, 4.69) is 17.6 Å². The van der Waals surface area contributed by atoms with Gasteiger partial charge in [0.2, 0.25) is 11.8 Å². The van der Waals surface area contributed by atoms with E-state index < -0.39 is 41.0 Å². The number of para-hydroxylation sites is 2. The van der Waals surface area contributed by atoms with Gasteiger partial charge in [0.05, 0.1) is 24.7 Å². The largest absolute Gasteiger partial charge is 0.490 e. The molecular formula is C35H42N2O6. The SMILES string of the molecule is CCCCOc1ccc(C2C(C(=O)Nc3ccccc3C)C(=O)CC(C)(O)C2C(=O)Nc2ccccc2C)cc1OCC. The Bertz CT molecular complexity index is 1470. The van der Waals surface area contributed by atoms with Crippen LogP contribution in [0.2, 0.25) is 0 Å². The highest BCUT2D eigenvalue weighted by Gasteiger charge is 2.56. The first-order valence-corrected chi connectivity index (χ1v) is 14.9. The van der Waals surface area contributed by atoms with Gasteiger partial charge in [-0.15, -0.1) is 0 Å². The minimum atomic E-state index is -1.73. The zero-order valence-corrected chi connectivity index (χ0v) is 25.6. The molecule has 3 N–H and O–H groups in total. The molecule has 1 fully saturated rings. The molecule has 1 saturated carbocycles. The van der Waals surface area contributed by atoms with E-state index in [1.165, 1.54) is 6.92 Å². The van der Waals surface area contributed by atoms with Crippen molar-refractivity contribution in [2.75, 3.05) is 23.8 Å². The molecule has 4 rings (SSSR count). The number of ether oxygens (including phenoxy) is 2. The van der Waals surface area contributed by atoms with Gasteiger partial charge in [0.15, 0.2) is 11.5 Å². The number of hydrogen-bond acceptors (Lipinski definition) is 6. The molecule has 0 aromatic heterocycles. The molecule has 4 unspecified atom stereocenters. The van der Waals surface area contributed by atoms with Gasteiger partial charge in [-0.3, -0.25) is 14.4 Å². The van der Waals surface area contributed by atoms with Gasteiger partial charge in [0, 0.05) is 23.7 Å². The van der Waals surface area contributed by atoms with Crippen LogP contribution in [0.5, 0.6) is 11.5 Å². The van der Waals surface area contributed by atoms with E-state index in [0.717, 1.165) is 24.0 Å². The van der Waals surface area contributed by atoms with Crippen LogP contribution in [0.1, 0.15) is 62.6 Å². The van der Waals surface area contributed by atoms with E-state index in [9.17, 15) is 19.5 Å². The van der Waals surface area contributed by atoms with Crippen LogP contribution in [-0.2, 0) is 14.4 Å². The number of aryl methyl sites for hydroxylation is 2. The molecule has 2 amide bonds. The zero-order valence-electron chi connectivity index (χ0n) is 25.6. The molecule has 8 nitrogen and oxygen atoms in total. The molecule has 0 bridgehead atoms. The summed E-state index contributed by atoms with van der Waals surface area (Å²) in [6.07, 6.45) is 1.49. The van der Waals surface area contributed by atoms with Crippen LogP contribution in [0.4, 0.5) is 11.4 Å². The highest BCUT2D eigenvalue weighted by molar-refractivity contribution is 6.10. The first kappa shape index (κ1) is 31.8. The molecule has 3 aromatic rings. The van der Waals surface area contributed by atoms with Crippen molar-refractivity contribution in [1.29, 1.82) is 0 Å². The summed E-state index contributed by atoms with van der Waals surface area (Å²) < 4.78 is 11.9. The van der Waals surface area contributed by atoms with Gasteiger partial charge >= 0.3 is 0 Å². The van der Waals surface area contributed by atoms with Gasteiger partial charge in [-0.25, -0.2) is 0 Å². The number of rotatable bonds is 11. The van der Waals surface area contributed by atoms with Gasteiger partial charge in [-0.1, -0.05) is 55.8 Å². The number of ketones is 1. The van der Waals surface area contributed by atoms with Gasteiger partial charge in [-0.05, 0) is 75.1 Å². The zero-order chi connectivity index (χ0) is 31.1.